The minimum atomic E-state index is -0.404. The summed E-state index contributed by atoms with van der Waals surface area (Å²) in [6, 6.07) is 8.00. The van der Waals surface area contributed by atoms with E-state index in [-0.39, 0.29) is 11.9 Å². The molecule has 4 nitrogen and oxygen atoms in total. The van der Waals surface area contributed by atoms with Gasteiger partial charge in [0.1, 0.15) is 0 Å². The first kappa shape index (κ1) is 13.9. The van der Waals surface area contributed by atoms with Crippen LogP contribution in [0.1, 0.15) is 24.5 Å². The van der Waals surface area contributed by atoms with Crippen LogP contribution < -0.4 is 5.32 Å². The molecule has 2 unspecified atom stereocenters. The monoisotopic (exact) mass is 262 g/mol. The third-order valence-electron chi connectivity index (χ3n) is 3.73. The van der Waals surface area contributed by atoms with Crippen LogP contribution in [0.3, 0.4) is 0 Å². The Hall–Kier alpha value is -1.55. The molecule has 0 aromatic heterocycles. The van der Waals surface area contributed by atoms with Crippen molar-refractivity contribution in [2.45, 2.75) is 32.9 Å². The Labute approximate surface area is 114 Å². The van der Waals surface area contributed by atoms with Crippen LogP contribution in [0, 0.1) is 12.8 Å². The molecule has 1 aliphatic rings. The molecule has 1 saturated heterocycles. The molecule has 2 amide bonds. The maximum atomic E-state index is 12.0. The zero-order valence-electron chi connectivity index (χ0n) is 11.6. The Kier molecular flexibility index (Phi) is 4.43. The van der Waals surface area contributed by atoms with E-state index in [0.29, 0.717) is 13.1 Å². The number of aliphatic hydroxyl groups is 1. The highest BCUT2D eigenvalue weighted by molar-refractivity contribution is 5.74. The van der Waals surface area contributed by atoms with E-state index in [0.717, 1.165) is 18.5 Å². The van der Waals surface area contributed by atoms with E-state index in [1.54, 1.807) is 4.90 Å². The molecule has 2 N–H and O–H groups in total. The zero-order valence-corrected chi connectivity index (χ0v) is 11.6. The lowest BCUT2D eigenvalue weighted by Gasteiger charge is -2.34. The minimum Gasteiger partial charge on any atom is -0.391 e. The first-order valence-electron chi connectivity index (χ1n) is 6.82. The molecule has 0 aliphatic carbocycles. The van der Waals surface area contributed by atoms with E-state index in [4.69, 9.17) is 0 Å². The normalized spacial score (nSPS) is 23.2. The van der Waals surface area contributed by atoms with E-state index < -0.39 is 6.10 Å². The average Bonchev–Trinajstić information content (AvgIpc) is 2.39. The van der Waals surface area contributed by atoms with Crippen LogP contribution in [0.4, 0.5) is 4.79 Å². The Morgan fingerprint density at radius 3 is 3.00 bits per heavy atom. The number of rotatable bonds is 2. The molecular formula is C15H22N2O2. The lowest BCUT2D eigenvalue weighted by molar-refractivity contribution is 0.0435. The van der Waals surface area contributed by atoms with E-state index >= 15 is 0 Å². The number of aliphatic hydroxyl groups excluding tert-OH is 1. The quantitative estimate of drug-likeness (QED) is 0.855. The molecular weight excluding hydrogens is 240 g/mol. The smallest absolute Gasteiger partial charge is 0.317 e. The first-order chi connectivity index (χ1) is 9.06. The minimum absolute atomic E-state index is 0.0903. The van der Waals surface area contributed by atoms with Crippen LogP contribution in [0.25, 0.3) is 0 Å². The summed E-state index contributed by atoms with van der Waals surface area (Å²) < 4.78 is 0. The fraction of sp³-hybridized carbons (Fsp3) is 0.533. The van der Waals surface area contributed by atoms with Gasteiger partial charge < -0.3 is 15.3 Å². The summed E-state index contributed by atoms with van der Waals surface area (Å²) in [5.41, 5.74) is 2.29. The summed E-state index contributed by atoms with van der Waals surface area (Å²) in [4.78, 5) is 13.7. The van der Waals surface area contributed by atoms with Gasteiger partial charge in [0, 0.05) is 19.6 Å². The molecule has 1 fully saturated rings. The van der Waals surface area contributed by atoms with Crippen LogP contribution in [0.5, 0.6) is 0 Å². The highest BCUT2D eigenvalue weighted by Crippen LogP contribution is 2.16. The number of likely N-dealkylation sites (tertiary alicyclic amines) is 1. The molecule has 1 aromatic carbocycles. The number of urea groups is 1. The van der Waals surface area contributed by atoms with Crippen molar-refractivity contribution in [3.05, 3.63) is 35.4 Å². The fourth-order valence-electron chi connectivity index (χ4n) is 2.34. The molecule has 19 heavy (non-hydrogen) atoms. The van der Waals surface area contributed by atoms with Crippen molar-refractivity contribution in [2.75, 3.05) is 13.1 Å². The highest BCUT2D eigenvalue weighted by atomic mass is 16.3. The van der Waals surface area contributed by atoms with Gasteiger partial charge in [-0.3, -0.25) is 0 Å². The van der Waals surface area contributed by atoms with E-state index in [1.165, 1.54) is 5.56 Å². The van der Waals surface area contributed by atoms with Gasteiger partial charge in [0.05, 0.1) is 6.10 Å². The predicted molar refractivity (Wildman–Crippen MR) is 74.8 cm³/mol. The number of nitrogens with one attached hydrogen (secondary N) is 1. The maximum Gasteiger partial charge on any atom is 0.317 e. The van der Waals surface area contributed by atoms with Crippen LogP contribution in [0.2, 0.25) is 0 Å². The molecule has 104 valence electrons. The SMILES string of the molecule is Cc1cccc(CNC(=O)N2CCC(C)C(O)C2)c1. The molecule has 0 saturated carbocycles. The van der Waals surface area contributed by atoms with Gasteiger partial charge in [-0.15, -0.1) is 0 Å². The Balaban J connectivity index is 1.84. The van der Waals surface area contributed by atoms with Gasteiger partial charge in [-0.25, -0.2) is 4.79 Å². The number of aryl methyl sites for hydroxylation is 1. The van der Waals surface area contributed by atoms with Gasteiger partial charge in [0.2, 0.25) is 0 Å². The lowest BCUT2D eigenvalue weighted by atomic mass is 9.96. The van der Waals surface area contributed by atoms with Crippen LogP contribution in [0.15, 0.2) is 24.3 Å². The lowest BCUT2D eigenvalue weighted by Crippen LogP contribution is -2.49. The van der Waals surface area contributed by atoms with Gasteiger partial charge in [0.25, 0.3) is 0 Å². The number of piperidine rings is 1. The second-order valence-corrected chi connectivity index (χ2v) is 5.43. The molecule has 4 heteroatoms. The number of hydrogen-bond donors (Lipinski definition) is 2. The molecule has 2 rings (SSSR count). The molecule has 1 heterocycles. The number of β-amino-alcohol motifs (C(OH)–C–C–N with tert-alkyl or cyclic N) is 1. The van der Waals surface area contributed by atoms with Crippen molar-refractivity contribution < 1.29 is 9.90 Å². The van der Waals surface area contributed by atoms with Crippen molar-refractivity contribution in [2.24, 2.45) is 5.92 Å². The van der Waals surface area contributed by atoms with Crippen LogP contribution in [-0.2, 0) is 6.54 Å². The van der Waals surface area contributed by atoms with Gasteiger partial charge >= 0.3 is 6.03 Å². The topological polar surface area (TPSA) is 52.6 Å². The molecule has 0 bridgehead atoms. The molecule has 0 radical (unpaired) electrons. The number of carbonyl (C=O) groups is 1. The zero-order chi connectivity index (χ0) is 13.8. The van der Waals surface area contributed by atoms with Crippen molar-refractivity contribution in [1.82, 2.24) is 10.2 Å². The molecule has 2 atom stereocenters. The summed E-state index contributed by atoms with van der Waals surface area (Å²) in [6.07, 6.45) is 0.456. The fourth-order valence-corrected chi connectivity index (χ4v) is 2.34. The van der Waals surface area contributed by atoms with E-state index in [2.05, 4.69) is 11.4 Å². The van der Waals surface area contributed by atoms with Crippen LogP contribution >= 0.6 is 0 Å². The highest BCUT2D eigenvalue weighted by Gasteiger charge is 2.26. The largest absolute Gasteiger partial charge is 0.391 e. The molecule has 0 spiro atoms. The average molecular weight is 262 g/mol. The summed E-state index contributed by atoms with van der Waals surface area (Å²) >= 11 is 0. The van der Waals surface area contributed by atoms with Crippen molar-refractivity contribution in [3.8, 4) is 0 Å². The third-order valence-corrected chi connectivity index (χ3v) is 3.73. The van der Waals surface area contributed by atoms with Gasteiger partial charge in [-0.2, -0.15) is 0 Å². The predicted octanol–water partition coefficient (Wildman–Crippen LogP) is 1.91. The Bertz CT molecular complexity index is 448. The van der Waals surface area contributed by atoms with Gasteiger partial charge in [0.15, 0.2) is 0 Å². The van der Waals surface area contributed by atoms with Gasteiger partial charge in [-0.1, -0.05) is 36.8 Å². The first-order valence-corrected chi connectivity index (χ1v) is 6.82. The number of amides is 2. The van der Waals surface area contributed by atoms with E-state index in [9.17, 15) is 9.90 Å². The number of nitrogens with zero attached hydrogens (tertiary/aromatic N) is 1. The van der Waals surface area contributed by atoms with E-state index in [1.807, 2.05) is 32.0 Å². The summed E-state index contributed by atoms with van der Waals surface area (Å²) in [5.74, 6) is 0.279. The Morgan fingerprint density at radius 1 is 1.53 bits per heavy atom. The summed E-state index contributed by atoms with van der Waals surface area (Å²) in [6.45, 7) is 5.74. The number of hydrogen-bond acceptors (Lipinski definition) is 2. The summed E-state index contributed by atoms with van der Waals surface area (Å²) in [7, 11) is 0. The number of carbonyl (C=O) groups excluding carboxylic acids is 1. The van der Waals surface area contributed by atoms with Crippen molar-refractivity contribution >= 4 is 6.03 Å². The van der Waals surface area contributed by atoms with Crippen LogP contribution in [-0.4, -0.2) is 35.2 Å². The third kappa shape index (κ3) is 3.70. The number of benzene rings is 1. The Morgan fingerprint density at radius 2 is 2.32 bits per heavy atom. The van der Waals surface area contributed by atoms with Crippen molar-refractivity contribution in [1.29, 1.82) is 0 Å². The molecule has 1 aromatic rings. The second kappa shape index (κ2) is 6.06. The maximum absolute atomic E-state index is 12.0. The summed E-state index contributed by atoms with van der Waals surface area (Å²) in [5, 5.41) is 12.7. The standard InChI is InChI=1S/C15H22N2O2/c1-11-4-3-5-13(8-11)9-16-15(19)17-7-6-12(2)14(18)10-17/h3-5,8,12,14,18H,6-7,9-10H2,1-2H3,(H,16,19). The second-order valence-electron chi connectivity index (χ2n) is 5.43. The van der Waals surface area contributed by atoms with Crippen molar-refractivity contribution in [3.63, 3.8) is 0 Å². The molecule has 1 aliphatic heterocycles. The van der Waals surface area contributed by atoms with Gasteiger partial charge in [-0.05, 0) is 24.8 Å².